The standard InChI is InChI=1S/C16H15FN2O2S.Na/c1-9(2)5-10-7-19(14-6-11(17)3-4-12(10)14)16-18-13(8-22-16)15(20)21;/h3-4,6-9H,5H2,1-2H3,(H,20,21);/q;+1/p-1. The van der Waals surface area contributed by atoms with Crippen LogP contribution in [0.4, 0.5) is 4.39 Å². The number of fused-ring (bicyclic) bond motifs is 1. The molecule has 3 rings (SSSR count). The second-order valence-electron chi connectivity index (χ2n) is 5.59. The van der Waals surface area contributed by atoms with Gasteiger partial charge >= 0.3 is 29.6 Å². The van der Waals surface area contributed by atoms with Gasteiger partial charge in [0.25, 0.3) is 0 Å². The average Bonchev–Trinajstić information content (AvgIpc) is 3.03. The molecule has 0 saturated heterocycles. The number of benzene rings is 1. The SMILES string of the molecule is CC(C)Cc1cn(-c2nc(C(=O)[O-])cs2)c2cc(F)ccc12.[Na+]. The molecule has 0 atom stereocenters. The average molecular weight is 340 g/mol. The summed E-state index contributed by atoms with van der Waals surface area (Å²) in [7, 11) is 0. The minimum Gasteiger partial charge on any atom is -0.543 e. The minimum absolute atomic E-state index is 0. The predicted octanol–water partition coefficient (Wildman–Crippen LogP) is -0.208. The molecule has 4 nitrogen and oxygen atoms in total. The van der Waals surface area contributed by atoms with Gasteiger partial charge in [0.05, 0.1) is 17.2 Å². The third-order valence-corrected chi connectivity index (χ3v) is 4.23. The van der Waals surface area contributed by atoms with Gasteiger partial charge in [-0.2, -0.15) is 0 Å². The van der Waals surface area contributed by atoms with E-state index >= 15 is 0 Å². The molecular weight excluding hydrogens is 326 g/mol. The molecule has 0 aliphatic heterocycles. The Hall–Kier alpha value is -1.21. The Kier molecular flexibility index (Phi) is 5.62. The van der Waals surface area contributed by atoms with E-state index in [-0.39, 0.29) is 41.1 Å². The molecule has 0 aliphatic carbocycles. The Labute approximate surface area is 159 Å². The minimum atomic E-state index is -1.31. The number of aromatic carboxylic acids is 1. The van der Waals surface area contributed by atoms with Crippen molar-refractivity contribution in [1.82, 2.24) is 9.55 Å². The third-order valence-electron chi connectivity index (χ3n) is 3.39. The number of carboxylic acid groups (broad SMARTS) is 1. The summed E-state index contributed by atoms with van der Waals surface area (Å²) in [5.41, 5.74) is 1.67. The van der Waals surface area contributed by atoms with Crippen molar-refractivity contribution >= 4 is 28.2 Å². The number of hydrogen-bond donors (Lipinski definition) is 0. The van der Waals surface area contributed by atoms with E-state index in [1.807, 2.05) is 6.20 Å². The first-order chi connectivity index (χ1) is 10.5. The Morgan fingerprint density at radius 2 is 2.17 bits per heavy atom. The summed E-state index contributed by atoms with van der Waals surface area (Å²) in [6.45, 7) is 4.23. The maximum Gasteiger partial charge on any atom is 1.00 e. The number of nitrogens with zero attached hydrogens (tertiary/aromatic N) is 2. The van der Waals surface area contributed by atoms with Crippen LogP contribution in [-0.4, -0.2) is 15.5 Å². The molecule has 0 amide bonds. The molecule has 0 bridgehead atoms. The molecule has 0 N–H and O–H groups in total. The number of carboxylic acids is 1. The van der Waals surface area contributed by atoms with E-state index in [1.165, 1.54) is 28.8 Å². The van der Waals surface area contributed by atoms with Crippen LogP contribution in [0, 0.1) is 11.7 Å². The molecule has 3 aromatic rings. The summed E-state index contributed by atoms with van der Waals surface area (Å²) in [5, 5.41) is 13.8. The molecule has 0 unspecified atom stereocenters. The van der Waals surface area contributed by atoms with Gasteiger partial charge in [-0.3, -0.25) is 4.57 Å². The molecular formula is C16H14FN2NaO2S. The molecule has 2 aromatic heterocycles. The van der Waals surface area contributed by atoms with E-state index in [0.29, 0.717) is 16.6 Å². The van der Waals surface area contributed by atoms with Gasteiger partial charge in [0.2, 0.25) is 0 Å². The Bertz CT molecular complexity index is 857. The van der Waals surface area contributed by atoms with Crippen molar-refractivity contribution in [3.05, 3.63) is 46.9 Å². The van der Waals surface area contributed by atoms with Crippen molar-refractivity contribution < 1.29 is 43.8 Å². The first kappa shape index (κ1) is 18.1. The fourth-order valence-corrected chi connectivity index (χ4v) is 3.28. The molecule has 114 valence electrons. The zero-order chi connectivity index (χ0) is 15.9. The van der Waals surface area contributed by atoms with Crippen LogP contribution in [0.25, 0.3) is 16.0 Å². The van der Waals surface area contributed by atoms with Crippen molar-refractivity contribution in [2.45, 2.75) is 20.3 Å². The van der Waals surface area contributed by atoms with Gasteiger partial charge in [-0.15, -0.1) is 11.3 Å². The van der Waals surface area contributed by atoms with Crippen molar-refractivity contribution in [3.8, 4) is 5.13 Å². The largest absolute Gasteiger partial charge is 1.00 e. The Morgan fingerprint density at radius 1 is 1.43 bits per heavy atom. The molecule has 7 heteroatoms. The number of hydrogen-bond acceptors (Lipinski definition) is 4. The summed E-state index contributed by atoms with van der Waals surface area (Å²) in [6.07, 6.45) is 2.76. The van der Waals surface area contributed by atoms with E-state index in [2.05, 4.69) is 18.8 Å². The molecule has 2 heterocycles. The normalized spacial score (nSPS) is 11.0. The summed E-state index contributed by atoms with van der Waals surface area (Å²) < 4.78 is 15.3. The molecule has 23 heavy (non-hydrogen) atoms. The molecule has 0 fully saturated rings. The number of thiazole rings is 1. The third kappa shape index (κ3) is 3.66. The smallest absolute Gasteiger partial charge is 0.543 e. The van der Waals surface area contributed by atoms with Gasteiger partial charge in [-0.1, -0.05) is 13.8 Å². The summed E-state index contributed by atoms with van der Waals surface area (Å²) in [6, 6.07) is 4.64. The fraction of sp³-hybridized carbons (Fsp3) is 0.250. The van der Waals surface area contributed by atoms with Gasteiger partial charge in [-0.25, -0.2) is 9.37 Å². The topological polar surface area (TPSA) is 58.0 Å². The van der Waals surface area contributed by atoms with Crippen LogP contribution in [-0.2, 0) is 6.42 Å². The second-order valence-corrected chi connectivity index (χ2v) is 6.42. The van der Waals surface area contributed by atoms with Crippen molar-refractivity contribution in [3.63, 3.8) is 0 Å². The summed E-state index contributed by atoms with van der Waals surface area (Å²) in [5.74, 6) is -1.19. The zero-order valence-electron chi connectivity index (χ0n) is 13.2. The van der Waals surface area contributed by atoms with Crippen LogP contribution < -0.4 is 34.7 Å². The van der Waals surface area contributed by atoms with Crippen LogP contribution in [0.5, 0.6) is 0 Å². The summed E-state index contributed by atoms with van der Waals surface area (Å²) in [4.78, 5) is 14.9. The predicted molar refractivity (Wildman–Crippen MR) is 81.8 cm³/mol. The van der Waals surface area contributed by atoms with Crippen LogP contribution in [0.3, 0.4) is 0 Å². The Morgan fingerprint density at radius 3 is 2.78 bits per heavy atom. The van der Waals surface area contributed by atoms with Crippen LogP contribution in [0.15, 0.2) is 29.8 Å². The van der Waals surface area contributed by atoms with Crippen LogP contribution in [0.1, 0.15) is 29.9 Å². The first-order valence-electron chi connectivity index (χ1n) is 6.92. The maximum atomic E-state index is 13.6. The van der Waals surface area contributed by atoms with Crippen molar-refractivity contribution in [2.75, 3.05) is 0 Å². The fourth-order valence-electron chi connectivity index (χ4n) is 2.50. The molecule has 0 radical (unpaired) electrons. The van der Waals surface area contributed by atoms with Crippen molar-refractivity contribution in [1.29, 1.82) is 0 Å². The summed E-state index contributed by atoms with van der Waals surface area (Å²) >= 11 is 1.19. The monoisotopic (exact) mass is 340 g/mol. The zero-order valence-corrected chi connectivity index (χ0v) is 16.0. The van der Waals surface area contributed by atoms with E-state index in [0.717, 1.165) is 17.4 Å². The Balaban J connectivity index is 0.00000192. The molecule has 0 spiro atoms. The van der Waals surface area contributed by atoms with Gasteiger partial charge in [0.1, 0.15) is 5.82 Å². The number of aromatic nitrogens is 2. The van der Waals surface area contributed by atoms with E-state index in [1.54, 1.807) is 10.6 Å². The first-order valence-corrected chi connectivity index (χ1v) is 7.80. The molecule has 1 aromatic carbocycles. The van der Waals surface area contributed by atoms with Gasteiger partial charge < -0.3 is 9.90 Å². The number of halogens is 1. The van der Waals surface area contributed by atoms with Gasteiger partial charge in [0, 0.05) is 17.0 Å². The number of rotatable bonds is 4. The van der Waals surface area contributed by atoms with Gasteiger partial charge in [0.15, 0.2) is 5.13 Å². The van der Waals surface area contributed by atoms with E-state index in [4.69, 9.17) is 0 Å². The van der Waals surface area contributed by atoms with E-state index in [9.17, 15) is 14.3 Å². The quantitative estimate of drug-likeness (QED) is 0.618. The molecule has 0 saturated carbocycles. The van der Waals surface area contributed by atoms with Crippen LogP contribution >= 0.6 is 11.3 Å². The van der Waals surface area contributed by atoms with Gasteiger partial charge in [-0.05, 0) is 36.1 Å². The van der Waals surface area contributed by atoms with Crippen LogP contribution in [0.2, 0.25) is 0 Å². The van der Waals surface area contributed by atoms with E-state index < -0.39 is 5.97 Å². The maximum absolute atomic E-state index is 13.6. The second kappa shape index (κ2) is 7.13. The molecule has 0 aliphatic rings. The number of carbonyl (C=O) groups is 1. The van der Waals surface area contributed by atoms with Crippen molar-refractivity contribution in [2.24, 2.45) is 5.92 Å². The number of carbonyl (C=O) groups excluding carboxylic acids is 1.